The lowest BCUT2D eigenvalue weighted by Crippen LogP contribution is -2.53. The van der Waals surface area contributed by atoms with Crippen LogP contribution in [0.5, 0.6) is 0 Å². The van der Waals surface area contributed by atoms with Gasteiger partial charge in [-0.1, -0.05) is 0 Å². The first-order chi connectivity index (χ1) is 10.1. The van der Waals surface area contributed by atoms with Gasteiger partial charge >= 0.3 is 0 Å². The van der Waals surface area contributed by atoms with Crippen LogP contribution in [0.2, 0.25) is 0 Å². The van der Waals surface area contributed by atoms with Gasteiger partial charge in [-0.2, -0.15) is 0 Å². The second kappa shape index (κ2) is 6.90. The third-order valence-electron chi connectivity index (χ3n) is 3.59. The smallest absolute Gasteiger partial charge is 0.243 e. The van der Waals surface area contributed by atoms with E-state index in [0.717, 1.165) is 12.8 Å². The molecule has 0 aromatic rings. The summed E-state index contributed by atoms with van der Waals surface area (Å²) in [6.45, 7) is 0.188. The fourth-order valence-corrected chi connectivity index (χ4v) is 2.49. The Bertz CT molecular complexity index is 498. The van der Waals surface area contributed by atoms with E-state index in [1.54, 1.807) is 4.90 Å². The van der Waals surface area contributed by atoms with Crippen molar-refractivity contribution in [1.82, 2.24) is 20.9 Å². The number of piperidine rings is 1. The number of carbonyl (C=O) groups is 3. The van der Waals surface area contributed by atoms with E-state index in [-0.39, 0.29) is 31.2 Å². The summed E-state index contributed by atoms with van der Waals surface area (Å²) in [7, 11) is 0. The van der Waals surface area contributed by atoms with Gasteiger partial charge in [0.15, 0.2) is 0 Å². The van der Waals surface area contributed by atoms with E-state index >= 15 is 0 Å². The highest BCUT2D eigenvalue weighted by molar-refractivity contribution is 5.90. The number of amides is 3. The maximum absolute atomic E-state index is 12.2. The quantitative estimate of drug-likeness (QED) is 0.444. The summed E-state index contributed by atoms with van der Waals surface area (Å²) < 4.78 is 0. The van der Waals surface area contributed by atoms with Gasteiger partial charge in [-0.25, -0.2) is 4.79 Å². The first-order valence-electron chi connectivity index (χ1n) is 6.93. The molecule has 2 saturated heterocycles. The molecule has 8 heteroatoms. The molecule has 1 atom stereocenters. The van der Waals surface area contributed by atoms with Gasteiger partial charge in [0, 0.05) is 6.54 Å². The van der Waals surface area contributed by atoms with Crippen LogP contribution in [-0.4, -0.2) is 60.8 Å². The summed E-state index contributed by atoms with van der Waals surface area (Å²) in [5.74, 6) is 0.712. The van der Waals surface area contributed by atoms with Crippen LogP contribution in [0.3, 0.4) is 0 Å². The molecule has 0 saturated carbocycles. The van der Waals surface area contributed by atoms with Crippen molar-refractivity contribution in [2.75, 3.05) is 26.2 Å². The number of nitrogens with zero attached hydrogens (tertiary/aromatic N) is 1. The molecule has 2 rings (SSSR count). The Morgan fingerprint density at radius 2 is 1.62 bits per heavy atom. The van der Waals surface area contributed by atoms with Crippen LogP contribution in [0.1, 0.15) is 19.3 Å². The van der Waals surface area contributed by atoms with Crippen molar-refractivity contribution in [3.05, 3.63) is 5.70 Å². The third-order valence-corrected chi connectivity index (χ3v) is 3.59. The lowest BCUT2D eigenvalue weighted by Gasteiger charge is -2.36. The minimum absolute atomic E-state index is 0.00197. The van der Waals surface area contributed by atoms with Gasteiger partial charge in [0.25, 0.3) is 0 Å². The molecule has 2 aliphatic rings. The monoisotopic (exact) mass is 294 g/mol. The van der Waals surface area contributed by atoms with E-state index in [1.807, 2.05) is 5.94 Å². The van der Waals surface area contributed by atoms with E-state index in [1.165, 1.54) is 0 Å². The van der Waals surface area contributed by atoms with E-state index in [4.69, 9.17) is 0 Å². The highest BCUT2D eigenvalue weighted by Gasteiger charge is 2.31. The third kappa shape index (κ3) is 3.82. The largest absolute Gasteiger partial charge is 0.352 e. The predicted octanol–water partition coefficient (Wildman–Crippen LogP) is -2.08. The van der Waals surface area contributed by atoms with Crippen LogP contribution < -0.4 is 16.0 Å². The Hall–Kier alpha value is -2.34. The molecule has 0 aliphatic carbocycles. The summed E-state index contributed by atoms with van der Waals surface area (Å²) in [5.41, 5.74) is 0.259. The van der Waals surface area contributed by atoms with Crippen LogP contribution in [0.15, 0.2) is 5.70 Å². The second-order valence-corrected chi connectivity index (χ2v) is 5.02. The minimum Gasteiger partial charge on any atom is -0.352 e. The maximum atomic E-state index is 12.2. The topological polar surface area (TPSA) is 108 Å². The highest BCUT2D eigenvalue weighted by Crippen LogP contribution is 2.20. The zero-order chi connectivity index (χ0) is 15.2. The van der Waals surface area contributed by atoms with Crippen LogP contribution in [0.4, 0.5) is 0 Å². The van der Waals surface area contributed by atoms with Crippen molar-refractivity contribution in [3.8, 4) is 0 Å². The number of fused-ring (bicyclic) bond motifs is 1. The maximum Gasteiger partial charge on any atom is 0.243 e. The van der Waals surface area contributed by atoms with Crippen molar-refractivity contribution in [3.63, 3.8) is 0 Å². The fraction of sp³-hybridized carbons (Fsp3) is 0.615. The molecule has 2 heterocycles. The standard InChI is InChI=1S/C13H18N4O4/c18-8-9-5-14-11(19)6-15-12(20)7-16-13(21)10-3-1-2-4-17(9)10/h10H,1-7H2,(H,14,19)(H,15,20)(H,16,21). The van der Waals surface area contributed by atoms with E-state index < -0.39 is 17.9 Å². The lowest BCUT2D eigenvalue weighted by atomic mass is 10.0. The van der Waals surface area contributed by atoms with Gasteiger partial charge in [0.1, 0.15) is 17.7 Å². The molecule has 21 heavy (non-hydrogen) atoms. The minimum atomic E-state index is -0.501. The van der Waals surface area contributed by atoms with Gasteiger partial charge < -0.3 is 20.9 Å². The Morgan fingerprint density at radius 1 is 0.952 bits per heavy atom. The fourth-order valence-electron chi connectivity index (χ4n) is 2.49. The number of hydrogen-bond donors (Lipinski definition) is 3. The average molecular weight is 294 g/mol. The predicted molar refractivity (Wildman–Crippen MR) is 72.6 cm³/mol. The number of hydrogen-bond acceptors (Lipinski definition) is 5. The first kappa shape index (κ1) is 15.1. The number of carbonyl (C=O) groups excluding carboxylic acids is 4. The number of nitrogens with one attached hydrogen (secondary N) is 3. The van der Waals surface area contributed by atoms with Gasteiger partial charge in [0.05, 0.1) is 19.6 Å². The summed E-state index contributed by atoms with van der Waals surface area (Å²) in [6, 6.07) is -0.501. The van der Waals surface area contributed by atoms with E-state index in [2.05, 4.69) is 16.0 Å². The molecule has 0 spiro atoms. The molecule has 0 radical (unpaired) electrons. The molecule has 114 valence electrons. The first-order valence-corrected chi connectivity index (χ1v) is 6.93. The SMILES string of the molecule is O=C=C1CNC(=O)CNC(=O)CNC(=O)C2CCCCN12. The van der Waals surface area contributed by atoms with Gasteiger partial charge in [-0.15, -0.1) is 0 Å². The van der Waals surface area contributed by atoms with Crippen molar-refractivity contribution < 1.29 is 19.2 Å². The van der Waals surface area contributed by atoms with Crippen molar-refractivity contribution >= 4 is 23.7 Å². The molecule has 2 aliphatic heterocycles. The van der Waals surface area contributed by atoms with Crippen LogP contribution in [-0.2, 0) is 19.2 Å². The summed E-state index contributed by atoms with van der Waals surface area (Å²) in [5, 5.41) is 7.47. The van der Waals surface area contributed by atoms with E-state index in [0.29, 0.717) is 13.0 Å². The molecule has 0 bridgehead atoms. The molecule has 8 nitrogen and oxygen atoms in total. The summed E-state index contributed by atoms with van der Waals surface area (Å²) in [6.07, 6.45) is 2.34. The molecule has 3 N–H and O–H groups in total. The Balaban J connectivity index is 2.20. The van der Waals surface area contributed by atoms with Gasteiger partial charge in [-0.3, -0.25) is 14.4 Å². The number of rotatable bonds is 0. The molecule has 1 unspecified atom stereocenters. The molecule has 0 aromatic heterocycles. The summed E-state index contributed by atoms with van der Waals surface area (Å²) >= 11 is 0. The average Bonchev–Trinajstić information content (AvgIpc) is 2.50. The van der Waals surface area contributed by atoms with Gasteiger partial charge in [-0.05, 0) is 19.3 Å². The second-order valence-electron chi connectivity index (χ2n) is 5.02. The Kier molecular flexibility index (Phi) is 4.94. The zero-order valence-corrected chi connectivity index (χ0v) is 11.6. The van der Waals surface area contributed by atoms with Crippen LogP contribution in [0, 0.1) is 0 Å². The molecule has 0 aromatic carbocycles. The summed E-state index contributed by atoms with van der Waals surface area (Å²) in [4.78, 5) is 48.0. The normalized spacial score (nSPS) is 24.6. The molecule has 2 fully saturated rings. The lowest BCUT2D eigenvalue weighted by molar-refractivity contribution is -0.130. The van der Waals surface area contributed by atoms with Crippen molar-refractivity contribution in [2.45, 2.75) is 25.3 Å². The molecular formula is C13H18N4O4. The Morgan fingerprint density at radius 3 is 2.33 bits per heavy atom. The van der Waals surface area contributed by atoms with Crippen molar-refractivity contribution in [1.29, 1.82) is 0 Å². The van der Waals surface area contributed by atoms with Crippen LogP contribution in [0.25, 0.3) is 0 Å². The zero-order valence-electron chi connectivity index (χ0n) is 11.6. The van der Waals surface area contributed by atoms with Crippen LogP contribution >= 0.6 is 0 Å². The molecular weight excluding hydrogens is 276 g/mol. The van der Waals surface area contributed by atoms with Gasteiger partial charge in [0.2, 0.25) is 17.7 Å². The Labute approximate surface area is 121 Å². The highest BCUT2D eigenvalue weighted by atomic mass is 16.2. The van der Waals surface area contributed by atoms with E-state index in [9.17, 15) is 19.2 Å². The molecule has 3 amide bonds. The van der Waals surface area contributed by atoms with Crippen molar-refractivity contribution in [2.24, 2.45) is 0 Å².